The van der Waals surface area contributed by atoms with Gasteiger partial charge in [0.05, 0.1) is 0 Å². The van der Waals surface area contributed by atoms with Gasteiger partial charge in [-0.05, 0) is 23.3 Å². The first-order valence-electron chi connectivity index (χ1n) is 6.15. The van der Waals surface area contributed by atoms with Crippen molar-refractivity contribution in [1.82, 2.24) is 4.98 Å². The molecule has 0 aliphatic rings. The van der Waals surface area contributed by atoms with Crippen LogP contribution in [0.3, 0.4) is 0 Å². The smallest absolute Gasteiger partial charge is 0.0498 e. The maximum absolute atomic E-state index is 5.39. The van der Waals surface area contributed by atoms with Crippen molar-refractivity contribution in [2.24, 2.45) is 4.99 Å². The van der Waals surface area contributed by atoms with Crippen LogP contribution in [0.2, 0.25) is 0 Å². The minimum absolute atomic E-state index is 0.774. The summed E-state index contributed by atoms with van der Waals surface area (Å²) in [4.78, 5) is 7.87. The van der Waals surface area contributed by atoms with Crippen LogP contribution in [0.1, 0.15) is 25.0 Å². The van der Waals surface area contributed by atoms with Gasteiger partial charge in [0.1, 0.15) is 0 Å². The first-order valence-corrected chi connectivity index (χ1v) is 6.15. The molecule has 0 spiro atoms. The molecule has 1 rings (SSSR count). The van der Waals surface area contributed by atoms with Crippen LogP contribution in [0.25, 0.3) is 6.08 Å². The lowest BCUT2D eigenvalue weighted by Gasteiger charge is -1.97. The highest BCUT2D eigenvalue weighted by molar-refractivity contribution is 5.75. The monoisotopic (exact) mass is 252 g/mol. The summed E-state index contributed by atoms with van der Waals surface area (Å²) >= 11 is 0. The van der Waals surface area contributed by atoms with E-state index in [1.54, 1.807) is 31.7 Å². The number of aliphatic imine (C=N–C) groups is 1. The summed E-state index contributed by atoms with van der Waals surface area (Å²) < 4.78 is 0. The zero-order valence-electron chi connectivity index (χ0n) is 11.8. The molecule has 0 atom stereocenters. The molecule has 2 heteroatoms. The average Bonchev–Trinajstić information content (AvgIpc) is 2.50. The van der Waals surface area contributed by atoms with Crippen LogP contribution in [0.4, 0.5) is 0 Å². The summed E-state index contributed by atoms with van der Waals surface area (Å²) in [5.74, 6) is 2.60. The lowest BCUT2D eigenvalue weighted by molar-refractivity contribution is 1.30. The van der Waals surface area contributed by atoms with Gasteiger partial charge >= 0.3 is 0 Å². The fourth-order valence-corrected chi connectivity index (χ4v) is 1.21. The highest BCUT2D eigenvalue weighted by atomic mass is 14.6. The average molecular weight is 252 g/mol. The fourth-order valence-electron chi connectivity index (χ4n) is 1.21. The topological polar surface area (TPSA) is 25.2 Å². The standard InChI is InChI=1S/C15H14N2.C2H6/c1-4-13(8-10-16-3)6-7-15-9-11-17-12-14(15)5-2;1-2/h2,4,6-12H,1H2,3H3;1-2H3/b7-6+,13-8+,16-10?;. The van der Waals surface area contributed by atoms with Gasteiger partial charge in [0.25, 0.3) is 0 Å². The van der Waals surface area contributed by atoms with Crippen LogP contribution < -0.4 is 0 Å². The minimum atomic E-state index is 0.774. The molecule has 1 heterocycles. The van der Waals surface area contributed by atoms with E-state index in [0.717, 1.165) is 16.7 Å². The summed E-state index contributed by atoms with van der Waals surface area (Å²) in [7, 11) is 1.72. The molecular weight excluding hydrogens is 232 g/mol. The second kappa shape index (κ2) is 10.7. The van der Waals surface area contributed by atoms with E-state index in [2.05, 4.69) is 22.5 Å². The third kappa shape index (κ3) is 6.18. The highest BCUT2D eigenvalue weighted by Gasteiger charge is 1.94. The van der Waals surface area contributed by atoms with E-state index in [9.17, 15) is 0 Å². The van der Waals surface area contributed by atoms with Crippen molar-refractivity contribution in [2.45, 2.75) is 13.8 Å². The van der Waals surface area contributed by atoms with Crippen molar-refractivity contribution < 1.29 is 0 Å². The lowest BCUT2D eigenvalue weighted by atomic mass is 10.1. The zero-order valence-corrected chi connectivity index (χ0v) is 11.8. The first-order chi connectivity index (χ1) is 9.31. The second-order valence-corrected chi connectivity index (χ2v) is 3.22. The number of hydrogen-bond acceptors (Lipinski definition) is 2. The number of terminal acetylenes is 1. The van der Waals surface area contributed by atoms with Gasteiger partial charge in [-0.25, -0.2) is 0 Å². The maximum Gasteiger partial charge on any atom is 0.0498 e. The molecule has 1 aromatic heterocycles. The van der Waals surface area contributed by atoms with Gasteiger partial charge in [0.2, 0.25) is 0 Å². The predicted octanol–water partition coefficient (Wildman–Crippen LogP) is 3.92. The first kappa shape index (κ1) is 16.6. The number of hydrogen-bond donors (Lipinski definition) is 0. The van der Waals surface area contributed by atoms with Crippen LogP contribution in [0.5, 0.6) is 0 Å². The second-order valence-electron chi connectivity index (χ2n) is 3.22. The summed E-state index contributed by atoms with van der Waals surface area (Å²) in [6.45, 7) is 7.73. The Hall–Kier alpha value is -2.40. The molecule has 0 aliphatic heterocycles. The summed E-state index contributed by atoms with van der Waals surface area (Å²) in [6.07, 6.45) is 18.0. The zero-order chi connectivity index (χ0) is 14.5. The van der Waals surface area contributed by atoms with E-state index < -0.39 is 0 Å². The van der Waals surface area contributed by atoms with E-state index in [1.807, 2.05) is 38.1 Å². The number of allylic oxidation sites excluding steroid dienone is 4. The van der Waals surface area contributed by atoms with Crippen molar-refractivity contribution in [1.29, 1.82) is 0 Å². The molecule has 0 radical (unpaired) electrons. The lowest BCUT2D eigenvalue weighted by Crippen LogP contribution is -1.83. The summed E-state index contributed by atoms with van der Waals surface area (Å²) in [5.41, 5.74) is 2.70. The Balaban J connectivity index is 0.00000154. The fraction of sp³-hybridized carbons (Fsp3) is 0.176. The highest BCUT2D eigenvalue weighted by Crippen LogP contribution is 2.09. The normalized spacial score (nSPS) is 10.9. The molecule has 0 unspecified atom stereocenters. The molecule has 0 saturated heterocycles. The Labute approximate surface area is 116 Å². The van der Waals surface area contributed by atoms with Gasteiger partial charge < -0.3 is 0 Å². The van der Waals surface area contributed by atoms with E-state index >= 15 is 0 Å². The quantitative estimate of drug-likeness (QED) is 0.453. The molecular formula is C17H20N2. The molecule has 19 heavy (non-hydrogen) atoms. The Morgan fingerprint density at radius 1 is 1.47 bits per heavy atom. The van der Waals surface area contributed by atoms with Gasteiger partial charge in [-0.2, -0.15) is 0 Å². The van der Waals surface area contributed by atoms with Crippen LogP contribution in [-0.4, -0.2) is 18.2 Å². The van der Waals surface area contributed by atoms with Crippen molar-refractivity contribution >= 4 is 12.3 Å². The van der Waals surface area contributed by atoms with Gasteiger partial charge in [-0.3, -0.25) is 9.98 Å². The largest absolute Gasteiger partial charge is 0.296 e. The van der Waals surface area contributed by atoms with Gasteiger partial charge in [0.15, 0.2) is 0 Å². The molecule has 0 bridgehead atoms. The Morgan fingerprint density at radius 3 is 2.79 bits per heavy atom. The van der Waals surface area contributed by atoms with Crippen LogP contribution in [-0.2, 0) is 0 Å². The molecule has 0 fully saturated rings. The van der Waals surface area contributed by atoms with Crippen LogP contribution >= 0.6 is 0 Å². The molecule has 0 aromatic carbocycles. The molecule has 0 aliphatic carbocycles. The van der Waals surface area contributed by atoms with Gasteiger partial charge in [-0.1, -0.05) is 44.6 Å². The third-order valence-electron chi connectivity index (χ3n) is 2.12. The van der Waals surface area contributed by atoms with Crippen molar-refractivity contribution in [3.05, 3.63) is 60.0 Å². The van der Waals surface area contributed by atoms with E-state index in [0.29, 0.717) is 0 Å². The van der Waals surface area contributed by atoms with E-state index in [1.165, 1.54) is 0 Å². The molecule has 98 valence electrons. The van der Waals surface area contributed by atoms with Crippen LogP contribution in [0.15, 0.2) is 53.8 Å². The SMILES string of the molecule is C#Cc1cnccc1/C=C/C(C=C)=C/C=NC.CC. The van der Waals surface area contributed by atoms with Crippen molar-refractivity contribution in [3.8, 4) is 12.3 Å². The number of rotatable bonds is 4. The van der Waals surface area contributed by atoms with Gasteiger partial charge in [-0.15, -0.1) is 6.42 Å². The molecule has 2 nitrogen and oxygen atoms in total. The Kier molecular flexibility index (Phi) is 9.38. The summed E-state index contributed by atoms with van der Waals surface area (Å²) in [6, 6.07) is 1.88. The van der Waals surface area contributed by atoms with E-state index in [4.69, 9.17) is 6.42 Å². The summed E-state index contributed by atoms with van der Waals surface area (Å²) in [5, 5.41) is 0. The van der Waals surface area contributed by atoms with E-state index in [-0.39, 0.29) is 0 Å². The van der Waals surface area contributed by atoms with Crippen molar-refractivity contribution in [3.63, 3.8) is 0 Å². The molecule has 0 amide bonds. The predicted molar refractivity (Wildman–Crippen MR) is 85.3 cm³/mol. The Bertz CT molecular complexity index is 514. The Morgan fingerprint density at radius 2 is 2.21 bits per heavy atom. The number of nitrogens with zero attached hydrogens (tertiary/aromatic N) is 2. The molecule has 0 N–H and O–H groups in total. The maximum atomic E-state index is 5.39. The third-order valence-corrected chi connectivity index (χ3v) is 2.12. The van der Waals surface area contributed by atoms with Crippen molar-refractivity contribution in [2.75, 3.05) is 7.05 Å². The molecule has 0 saturated carbocycles. The van der Waals surface area contributed by atoms with Crippen LogP contribution in [0, 0.1) is 12.3 Å². The number of aromatic nitrogens is 1. The van der Waals surface area contributed by atoms with Gasteiger partial charge in [0, 0.05) is 31.2 Å². The number of pyridine rings is 1. The minimum Gasteiger partial charge on any atom is -0.296 e. The molecule has 1 aromatic rings.